The van der Waals surface area contributed by atoms with Gasteiger partial charge in [-0.3, -0.25) is 0 Å². The van der Waals surface area contributed by atoms with Gasteiger partial charge in [0.15, 0.2) is 0 Å². The fraction of sp³-hybridized carbons (Fsp3) is 1.00. The number of aliphatic hydroxyl groups excluding tert-OH is 1. The van der Waals surface area contributed by atoms with Gasteiger partial charge in [0, 0.05) is 6.04 Å². The van der Waals surface area contributed by atoms with E-state index in [4.69, 9.17) is 5.11 Å². The van der Waals surface area contributed by atoms with Crippen LogP contribution in [0.5, 0.6) is 0 Å². The standard InChI is InChI=1S/C7H14FNO/c1-9-4-2-3-6(9)7(10)5-8/h6-7,10H,2-5H2,1H3/t6-,7?/m0/s1. The zero-order chi connectivity index (χ0) is 7.56. The Bertz CT molecular complexity index is 110. The molecule has 2 atom stereocenters. The van der Waals surface area contributed by atoms with Gasteiger partial charge in [0.25, 0.3) is 0 Å². The third-order valence-corrected chi connectivity index (χ3v) is 2.18. The van der Waals surface area contributed by atoms with Crippen molar-refractivity contribution in [2.75, 3.05) is 20.3 Å². The van der Waals surface area contributed by atoms with Gasteiger partial charge in [-0.25, -0.2) is 4.39 Å². The van der Waals surface area contributed by atoms with Crippen molar-refractivity contribution >= 4 is 0 Å². The molecule has 1 N–H and O–H groups in total. The molecule has 60 valence electrons. The number of hydrogen-bond donors (Lipinski definition) is 1. The predicted octanol–water partition coefficient (Wildman–Crippen LogP) is 0.411. The van der Waals surface area contributed by atoms with E-state index >= 15 is 0 Å². The molecule has 0 spiro atoms. The van der Waals surface area contributed by atoms with Crippen LogP contribution in [0.15, 0.2) is 0 Å². The van der Waals surface area contributed by atoms with Crippen molar-refractivity contribution < 1.29 is 9.50 Å². The van der Waals surface area contributed by atoms with Gasteiger partial charge >= 0.3 is 0 Å². The van der Waals surface area contributed by atoms with Crippen LogP contribution >= 0.6 is 0 Å². The molecule has 0 radical (unpaired) electrons. The summed E-state index contributed by atoms with van der Waals surface area (Å²) in [7, 11) is 1.93. The van der Waals surface area contributed by atoms with E-state index in [1.54, 1.807) is 0 Å². The van der Waals surface area contributed by atoms with E-state index < -0.39 is 12.8 Å². The molecule has 0 bridgehead atoms. The molecule has 1 fully saturated rings. The molecule has 1 unspecified atom stereocenters. The smallest absolute Gasteiger partial charge is 0.117 e. The molecular formula is C7H14FNO. The lowest BCUT2D eigenvalue weighted by atomic mass is 10.1. The molecule has 0 aromatic rings. The SMILES string of the molecule is CN1CCC[C@H]1C(O)CF. The molecule has 1 rings (SSSR count). The van der Waals surface area contributed by atoms with Gasteiger partial charge < -0.3 is 10.0 Å². The van der Waals surface area contributed by atoms with Crippen LogP contribution < -0.4 is 0 Å². The number of likely N-dealkylation sites (tertiary alicyclic amines) is 1. The van der Waals surface area contributed by atoms with Gasteiger partial charge in [-0.2, -0.15) is 0 Å². The van der Waals surface area contributed by atoms with Crippen LogP contribution in [0.4, 0.5) is 4.39 Å². The van der Waals surface area contributed by atoms with Crippen LogP contribution in [0.2, 0.25) is 0 Å². The third-order valence-electron chi connectivity index (χ3n) is 2.18. The molecule has 1 saturated heterocycles. The normalized spacial score (nSPS) is 30.9. The van der Waals surface area contributed by atoms with E-state index in [1.807, 2.05) is 11.9 Å². The van der Waals surface area contributed by atoms with E-state index in [1.165, 1.54) is 0 Å². The summed E-state index contributed by atoms with van der Waals surface area (Å²) in [5, 5.41) is 9.11. The first-order chi connectivity index (χ1) is 4.75. The second-order valence-electron chi connectivity index (χ2n) is 2.91. The minimum atomic E-state index is -0.771. The first kappa shape index (κ1) is 7.95. The molecular weight excluding hydrogens is 133 g/mol. The second-order valence-corrected chi connectivity index (χ2v) is 2.91. The van der Waals surface area contributed by atoms with E-state index in [0.717, 1.165) is 19.4 Å². The third kappa shape index (κ3) is 1.47. The van der Waals surface area contributed by atoms with Gasteiger partial charge in [0.1, 0.15) is 6.67 Å². The summed E-state index contributed by atoms with van der Waals surface area (Å²) in [6.45, 7) is 0.372. The number of hydrogen-bond acceptors (Lipinski definition) is 2. The maximum absolute atomic E-state index is 11.9. The number of halogens is 1. The van der Waals surface area contributed by atoms with E-state index in [-0.39, 0.29) is 6.04 Å². The number of nitrogens with zero attached hydrogens (tertiary/aromatic N) is 1. The Morgan fingerprint density at radius 1 is 1.80 bits per heavy atom. The number of likely N-dealkylation sites (N-methyl/N-ethyl adjacent to an activating group) is 1. The first-order valence-corrected chi connectivity index (χ1v) is 3.70. The maximum Gasteiger partial charge on any atom is 0.117 e. The predicted molar refractivity (Wildman–Crippen MR) is 37.6 cm³/mol. The summed E-state index contributed by atoms with van der Waals surface area (Å²) < 4.78 is 11.9. The average Bonchev–Trinajstić information content (AvgIpc) is 2.34. The Balaban J connectivity index is 2.38. The molecule has 0 saturated carbocycles. The molecule has 1 aliphatic heterocycles. The topological polar surface area (TPSA) is 23.5 Å². The van der Waals surface area contributed by atoms with Crippen molar-refractivity contribution in [1.29, 1.82) is 0 Å². The Labute approximate surface area is 60.6 Å². The second kappa shape index (κ2) is 3.30. The highest BCUT2D eigenvalue weighted by molar-refractivity contribution is 4.82. The molecule has 0 aromatic heterocycles. The van der Waals surface area contributed by atoms with Crippen LogP contribution in [0, 0.1) is 0 Å². The largest absolute Gasteiger partial charge is 0.389 e. The molecule has 2 nitrogen and oxygen atoms in total. The van der Waals surface area contributed by atoms with E-state index in [9.17, 15) is 4.39 Å². The van der Waals surface area contributed by atoms with E-state index in [0.29, 0.717) is 0 Å². The highest BCUT2D eigenvalue weighted by atomic mass is 19.1. The summed E-state index contributed by atoms with van der Waals surface area (Å²) in [4.78, 5) is 2.02. The van der Waals surface area contributed by atoms with Crippen LogP contribution in [0.1, 0.15) is 12.8 Å². The minimum Gasteiger partial charge on any atom is -0.389 e. The monoisotopic (exact) mass is 147 g/mol. The van der Waals surface area contributed by atoms with E-state index in [2.05, 4.69) is 0 Å². The fourth-order valence-electron chi connectivity index (χ4n) is 1.53. The van der Waals surface area contributed by atoms with Crippen LogP contribution in [-0.2, 0) is 0 Å². The summed E-state index contributed by atoms with van der Waals surface area (Å²) >= 11 is 0. The van der Waals surface area contributed by atoms with Gasteiger partial charge in [-0.05, 0) is 26.4 Å². The summed E-state index contributed by atoms with van der Waals surface area (Å²) in [6.07, 6.45) is 1.24. The minimum absolute atomic E-state index is 0.0602. The van der Waals surface area contributed by atoms with Gasteiger partial charge in [0.05, 0.1) is 6.10 Å². The van der Waals surface area contributed by atoms with Crippen molar-refractivity contribution in [3.05, 3.63) is 0 Å². The molecule has 10 heavy (non-hydrogen) atoms. The van der Waals surface area contributed by atoms with Crippen LogP contribution in [-0.4, -0.2) is 42.4 Å². The Hall–Kier alpha value is -0.150. The number of aliphatic hydroxyl groups is 1. The maximum atomic E-state index is 11.9. The highest BCUT2D eigenvalue weighted by Crippen LogP contribution is 2.17. The Morgan fingerprint density at radius 2 is 2.50 bits per heavy atom. The highest BCUT2D eigenvalue weighted by Gasteiger charge is 2.27. The number of rotatable bonds is 2. The zero-order valence-corrected chi connectivity index (χ0v) is 6.26. The van der Waals surface area contributed by atoms with Crippen LogP contribution in [0.25, 0.3) is 0 Å². The molecule has 1 heterocycles. The van der Waals surface area contributed by atoms with Crippen LogP contribution in [0.3, 0.4) is 0 Å². The Morgan fingerprint density at radius 3 is 2.90 bits per heavy atom. The van der Waals surface area contributed by atoms with Gasteiger partial charge in [0.2, 0.25) is 0 Å². The first-order valence-electron chi connectivity index (χ1n) is 3.70. The molecule has 3 heteroatoms. The van der Waals surface area contributed by atoms with Crippen molar-refractivity contribution in [2.24, 2.45) is 0 Å². The van der Waals surface area contributed by atoms with Crippen molar-refractivity contribution in [3.8, 4) is 0 Å². The zero-order valence-electron chi connectivity index (χ0n) is 6.26. The van der Waals surface area contributed by atoms with Gasteiger partial charge in [-0.15, -0.1) is 0 Å². The number of alkyl halides is 1. The van der Waals surface area contributed by atoms with Crippen molar-refractivity contribution in [2.45, 2.75) is 25.0 Å². The summed E-state index contributed by atoms with van der Waals surface area (Å²) in [6, 6.07) is 0.0602. The van der Waals surface area contributed by atoms with Crippen molar-refractivity contribution in [3.63, 3.8) is 0 Å². The Kier molecular flexibility index (Phi) is 2.63. The molecule has 0 aliphatic carbocycles. The average molecular weight is 147 g/mol. The van der Waals surface area contributed by atoms with Crippen molar-refractivity contribution in [1.82, 2.24) is 4.90 Å². The fourth-order valence-corrected chi connectivity index (χ4v) is 1.53. The van der Waals surface area contributed by atoms with Gasteiger partial charge in [-0.1, -0.05) is 0 Å². The molecule has 1 aliphatic rings. The molecule has 0 amide bonds. The summed E-state index contributed by atoms with van der Waals surface area (Å²) in [5.74, 6) is 0. The lowest BCUT2D eigenvalue weighted by Crippen LogP contribution is -2.37. The molecule has 0 aromatic carbocycles. The lowest BCUT2D eigenvalue weighted by molar-refractivity contribution is 0.0639. The summed E-state index contributed by atoms with van der Waals surface area (Å²) in [5.41, 5.74) is 0. The lowest BCUT2D eigenvalue weighted by Gasteiger charge is -2.22. The quantitative estimate of drug-likeness (QED) is 0.611.